The fourth-order valence-electron chi connectivity index (χ4n) is 2.42. The van der Waals surface area contributed by atoms with Crippen LogP contribution in [0.3, 0.4) is 0 Å². The van der Waals surface area contributed by atoms with Crippen molar-refractivity contribution in [1.29, 1.82) is 0 Å². The third-order valence-electron chi connectivity index (χ3n) is 3.48. The summed E-state index contributed by atoms with van der Waals surface area (Å²) < 4.78 is 0. The van der Waals surface area contributed by atoms with E-state index in [-0.39, 0.29) is 5.91 Å². The van der Waals surface area contributed by atoms with Crippen molar-refractivity contribution in [2.45, 2.75) is 57.4 Å². The molecule has 2 amide bonds. The second kappa shape index (κ2) is 7.36. The van der Waals surface area contributed by atoms with E-state index in [1.807, 2.05) is 0 Å². The summed E-state index contributed by atoms with van der Waals surface area (Å²) in [5, 5.41) is 14.4. The molecule has 0 unspecified atom stereocenters. The molecule has 3 N–H and O–H groups in total. The number of carbonyl (C=O) groups excluding carboxylic acids is 2. The van der Waals surface area contributed by atoms with E-state index >= 15 is 0 Å². The van der Waals surface area contributed by atoms with Crippen LogP contribution in [0.25, 0.3) is 0 Å². The molecule has 0 radical (unpaired) electrons. The first-order valence-electron chi connectivity index (χ1n) is 6.85. The molecule has 5 nitrogen and oxygen atoms in total. The van der Waals surface area contributed by atoms with Gasteiger partial charge in [0.15, 0.2) is 0 Å². The second-order valence-electron chi connectivity index (χ2n) is 4.96. The van der Waals surface area contributed by atoms with Crippen LogP contribution in [0, 0.1) is 0 Å². The average molecular weight is 256 g/mol. The maximum Gasteiger partial charge on any atom is 0.246 e. The fraction of sp³-hybridized carbons (Fsp3) is 0.846. The van der Waals surface area contributed by atoms with Crippen LogP contribution in [-0.4, -0.2) is 35.6 Å². The molecule has 0 aromatic rings. The van der Waals surface area contributed by atoms with Gasteiger partial charge in [0, 0.05) is 6.54 Å². The van der Waals surface area contributed by atoms with Crippen LogP contribution in [0.1, 0.15) is 51.9 Å². The number of rotatable bonds is 6. The average Bonchev–Trinajstić information content (AvgIpc) is 2.39. The van der Waals surface area contributed by atoms with E-state index in [2.05, 4.69) is 17.6 Å². The Morgan fingerprint density at radius 2 is 1.89 bits per heavy atom. The number of amides is 2. The molecule has 18 heavy (non-hydrogen) atoms. The third-order valence-corrected chi connectivity index (χ3v) is 3.48. The first kappa shape index (κ1) is 15.0. The zero-order chi connectivity index (χ0) is 13.4. The summed E-state index contributed by atoms with van der Waals surface area (Å²) in [7, 11) is 0. The quantitative estimate of drug-likeness (QED) is 0.613. The minimum atomic E-state index is -0.800. The van der Waals surface area contributed by atoms with Gasteiger partial charge in [0.1, 0.15) is 12.1 Å². The van der Waals surface area contributed by atoms with Gasteiger partial charge in [0.2, 0.25) is 11.8 Å². The Labute approximate surface area is 108 Å². The monoisotopic (exact) mass is 256 g/mol. The van der Waals surface area contributed by atoms with Crippen LogP contribution in [-0.2, 0) is 9.59 Å². The summed E-state index contributed by atoms with van der Waals surface area (Å²) in [6, 6.07) is 0. The van der Waals surface area contributed by atoms with Gasteiger partial charge < -0.3 is 15.7 Å². The van der Waals surface area contributed by atoms with Crippen molar-refractivity contribution in [2.75, 3.05) is 13.2 Å². The van der Waals surface area contributed by atoms with Gasteiger partial charge in [-0.05, 0) is 19.3 Å². The number of hydrogen-bond acceptors (Lipinski definition) is 3. The molecule has 0 bridgehead atoms. The largest absolute Gasteiger partial charge is 0.387 e. The first-order valence-corrected chi connectivity index (χ1v) is 6.85. The molecule has 0 aromatic carbocycles. The minimum Gasteiger partial charge on any atom is -0.387 e. The van der Waals surface area contributed by atoms with Crippen molar-refractivity contribution in [3.05, 3.63) is 0 Å². The highest BCUT2D eigenvalue weighted by atomic mass is 16.3. The first-order chi connectivity index (χ1) is 8.64. The van der Waals surface area contributed by atoms with Crippen molar-refractivity contribution in [3.63, 3.8) is 0 Å². The highest BCUT2D eigenvalue weighted by molar-refractivity contribution is 5.91. The Kier molecular flexibility index (Phi) is 6.12. The number of carbonyl (C=O) groups is 2. The zero-order valence-corrected chi connectivity index (χ0v) is 11.1. The molecule has 0 aromatic heterocycles. The Morgan fingerprint density at radius 3 is 2.44 bits per heavy atom. The SMILES string of the molecule is CCCCNC(=O)C1(NC(=O)CO)CCCCC1. The molecule has 0 atom stereocenters. The zero-order valence-electron chi connectivity index (χ0n) is 11.1. The van der Waals surface area contributed by atoms with Crippen LogP contribution in [0.4, 0.5) is 0 Å². The molecule has 0 saturated heterocycles. The van der Waals surface area contributed by atoms with Crippen LogP contribution in [0.15, 0.2) is 0 Å². The summed E-state index contributed by atoms with van der Waals surface area (Å²) in [6.07, 6.45) is 6.26. The van der Waals surface area contributed by atoms with E-state index in [1.54, 1.807) is 0 Å². The lowest BCUT2D eigenvalue weighted by Crippen LogP contribution is -2.60. The van der Waals surface area contributed by atoms with Gasteiger partial charge in [-0.15, -0.1) is 0 Å². The number of aliphatic hydroxyl groups is 1. The summed E-state index contributed by atoms with van der Waals surface area (Å²) in [5.41, 5.74) is -0.800. The maximum atomic E-state index is 12.2. The van der Waals surface area contributed by atoms with Gasteiger partial charge in [0.25, 0.3) is 0 Å². The number of aliphatic hydroxyl groups excluding tert-OH is 1. The van der Waals surface area contributed by atoms with Gasteiger partial charge in [-0.25, -0.2) is 0 Å². The predicted molar refractivity (Wildman–Crippen MR) is 69.0 cm³/mol. The van der Waals surface area contributed by atoms with Crippen molar-refractivity contribution in [3.8, 4) is 0 Å². The predicted octanol–water partition coefficient (Wildman–Crippen LogP) is 0.714. The lowest BCUT2D eigenvalue weighted by Gasteiger charge is -2.36. The molecule has 104 valence electrons. The Morgan fingerprint density at radius 1 is 1.22 bits per heavy atom. The van der Waals surface area contributed by atoms with Gasteiger partial charge in [-0.1, -0.05) is 32.6 Å². The molecule has 1 aliphatic rings. The van der Waals surface area contributed by atoms with E-state index in [0.717, 1.165) is 32.1 Å². The van der Waals surface area contributed by atoms with Crippen LogP contribution in [0.2, 0.25) is 0 Å². The highest BCUT2D eigenvalue weighted by Gasteiger charge is 2.40. The molecule has 5 heteroatoms. The van der Waals surface area contributed by atoms with E-state index in [1.165, 1.54) is 0 Å². The molecule has 0 aliphatic heterocycles. The van der Waals surface area contributed by atoms with E-state index in [9.17, 15) is 9.59 Å². The molecular formula is C13H24N2O3. The van der Waals surface area contributed by atoms with Gasteiger partial charge in [0.05, 0.1) is 0 Å². The number of hydrogen-bond donors (Lipinski definition) is 3. The van der Waals surface area contributed by atoms with E-state index < -0.39 is 18.1 Å². The Hall–Kier alpha value is -1.10. The molecule has 1 fully saturated rings. The highest BCUT2D eigenvalue weighted by Crippen LogP contribution is 2.28. The van der Waals surface area contributed by atoms with Gasteiger partial charge in [-0.3, -0.25) is 9.59 Å². The second-order valence-corrected chi connectivity index (χ2v) is 4.96. The lowest BCUT2D eigenvalue weighted by atomic mass is 9.80. The minimum absolute atomic E-state index is 0.0996. The summed E-state index contributed by atoms with van der Waals surface area (Å²) in [4.78, 5) is 23.6. The molecular weight excluding hydrogens is 232 g/mol. The third kappa shape index (κ3) is 3.98. The van der Waals surface area contributed by atoms with Gasteiger partial charge in [-0.2, -0.15) is 0 Å². The van der Waals surface area contributed by atoms with Crippen molar-refractivity contribution in [1.82, 2.24) is 10.6 Å². The topological polar surface area (TPSA) is 78.4 Å². The summed E-state index contributed by atoms with van der Waals surface area (Å²) in [5.74, 6) is -0.569. The van der Waals surface area contributed by atoms with Gasteiger partial charge >= 0.3 is 0 Å². The molecule has 1 aliphatic carbocycles. The summed E-state index contributed by atoms with van der Waals surface area (Å²) in [6.45, 7) is 2.14. The molecule has 0 spiro atoms. The molecule has 1 saturated carbocycles. The van der Waals surface area contributed by atoms with E-state index in [4.69, 9.17) is 5.11 Å². The van der Waals surface area contributed by atoms with Crippen molar-refractivity contribution < 1.29 is 14.7 Å². The van der Waals surface area contributed by atoms with Crippen LogP contribution < -0.4 is 10.6 Å². The lowest BCUT2D eigenvalue weighted by molar-refractivity contribution is -0.136. The van der Waals surface area contributed by atoms with Crippen LogP contribution in [0.5, 0.6) is 0 Å². The number of nitrogens with one attached hydrogen (secondary N) is 2. The van der Waals surface area contributed by atoms with E-state index in [0.29, 0.717) is 19.4 Å². The standard InChI is InChI=1S/C13H24N2O3/c1-2-3-9-14-12(18)13(15-11(17)10-16)7-5-4-6-8-13/h16H,2-10H2,1H3,(H,14,18)(H,15,17). The van der Waals surface area contributed by atoms with Crippen molar-refractivity contribution >= 4 is 11.8 Å². The number of unbranched alkanes of at least 4 members (excludes halogenated alkanes) is 1. The Bertz CT molecular complexity index is 286. The smallest absolute Gasteiger partial charge is 0.246 e. The normalized spacial score (nSPS) is 18.1. The van der Waals surface area contributed by atoms with Crippen LogP contribution >= 0.6 is 0 Å². The summed E-state index contributed by atoms with van der Waals surface area (Å²) >= 11 is 0. The molecule has 0 heterocycles. The maximum absolute atomic E-state index is 12.2. The Balaban J connectivity index is 2.63. The fourth-order valence-corrected chi connectivity index (χ4v) is 2.42. The molecule has 1 rings (SSSR count). The van der Waals surface area contributed by atoms with Crippen molar-refractivity contribution in [2.24, 2.45) is 0 Å².